The van der Waals surface area contributed by atoms with Gasteiger partial charge in [0.25, 0.3) is 5.56 Å². The van der Waals surface area contributed by atoms with Crippen LogP contribution in [0.4, 0.5) is 0 Å². The molecule has 0 bridgehead atoms. The maximum atomic E-state index is 11.5. The summed E-state index contributed by atoms with van der Waals surface area (Å²) in [5, 5.41) is 9.92. The summed E-state index contributed by atoms with van der Waals surface area (Å²) in [4.78, 5) is 24.5. The van der Waals surface area contributed by atoms with E-state index in [4.69, 9.17) is 5.11 Å². The zero-order chi connectivity index (χ0) is 11.0. The van der Waals surface area contributed by atoms with Crippen molar-refractivity contribution >= 4 is 16.7 Å². The number of hydrogen-bond acceptors (Lipinski definition) is 2. The summed E-state index contributed by atoms with van der Waals surface area (Å²) in [5.74, 6) is -1.13. The Kier molecular flexibility index (Phi) is 2.04. The number of carbonyl (C=O) groups is 1. The lowest BCUT2D eigenvalue weighted by Gasteiger charge is -2.00. The van der Waals surface area contributed by atoms with Crippen LogP contribution in [-0.4, -0.2) is 16.1 Å². The molecule has 0 aliphatic heterocycles. The molecule has 0 saturated heterocycles. The van der Waals surface area contributed by atoms with Crippen LogP contribution in [0.3, 0.4) is 0 Å². The molecule has 0 amide bonds. The highest BCUT2D eigenvalue weighted by Crippen LogP contribution is 2.12. The monoisotopic (exact) mass is 203 g/mol. The van der Waals surface area contributed by atoms with Crippen LogP contribution < -0.4 is 5.56 Å². The predicted molar refractivity (Wildman–Crippen MR) is 56.3 cm³/mol. The number of carboxylic acid groups (broad SMARTS) is 1. The first kappa shape index (κ1) is 9.45. The summed E-state index contributed by atoms with van der Waals surface area (Å²) < 4.78 is 0. The third-order valence-electron chi connectivity index (χ3n) is 2.23. The molecule has 0 fully saturated rings. The smallest absolute Gasteiger partial charge is 0.352 e. The molecule has 4 nitrogen and oxygen atoms in total. The molecule has 2 N–H and O–H groups in total. The van der Waals surface area contributed by atoms with Crippen molar-refractivity contribution in [2.75, 3.05) is 0 Å². The van der Waals surface area contributed by atoms with Gasteiger partial charge in [-0.15, -0.1) is 0 Å². The number of fused-ring (bicyclic) bond motifs is 1. The number of aromatic nitrogens is 1. The fourth-order valence-corrected chi connectivity index (χ4v) is 1.50. The molecule has 15 heavy (non-hydrogen) atoms. The van der Waals surface area contributed by atoms with Gasteiger partial charge in [-0.3, -0.25) is 4.79 Å². The lowest BCUT2D eigenvalue weighted by Crippen LogP contribution is -2.12. The number of benzene rings is 1. The normalized spacial score (nSPS) is 10.5. The van der Waals surface area contributed by atoms with Gasteiger partial charge in [-0.05, 0) is 24.4 Å². The first-order chi connectivity index (χ1) is 7.08. The number of rotatable bonds is 1. The van der Waals surface area contributed by atoms with Crippen molar-refractivity contribution in [1.82, 2.24) is 4.98 Å². The van der Waals surface area contributed by atoms with E-state index in [1.165, 1.54) is 6.07 Å². The van der Waals surface area contributed by atoms with Gasteiger partial charge < -0.3 is 10.1 Å². The predicted octanol–water partition coefficient (Wildman–Crippen LogP) is 1.53. The standard InChI is InChI=1S/C11H9NO3/c1-6-2-3-8-7(4-6)5-9(11(14)15)12-10(8)13/h2-5H,1H3,(H,12,13)(H,14,15). The Morgan fingerprint density at radius 3 is 2.73 bits per heavy atom. The lowest BCUT2D eigenvalue weighted by molar-refractivity contribution is 0.0690. The van der Waals surface area contributed by atoms with Crippen LogP contribution in [-0.2, 0) is 0 Å². The highest BCUT2D eigenvalue weighted by atomic mass is 16.4. The fraction of sp³-hybridized carbons (Fsp3) is 0.0909. The molecule has 1 aromatic heterocycles. The highest BCUT2D eigenvalue weighted by molar-refractivity contribution is 5.92. The molecule has 1 heterocycles. The molecule has 1 aromatic carbocycles. The van der Waals surface area contributed by atoms with Crippen LogP contribution >= 0.6 is 0 Å². The summed E-state index contributed by atoms with van der Waals surface area (Å²) in [6.45, 7) is 1.89. The van der Waals surface area contributed by atoms with Gasteiger partial charge in [0.05, 0.1) is 0 Å². The lowest BCUT2D eigenvalue weighted by atomic mass is 10.1. The van der Waals surface area contributed by atoms with E-state index < -0.39 is 5.97 Å². The third-order valence-corrected chi connectivity index (χ3v) is 2.23. The molecule has 2 rings (SSSR count). The minimum atomic E-state index is -1.13. The fourth-order valence-electron chi connectivity index (χ4n) is 1.50. The van der Waals surface area contributed by atoms with Crippen molar-refractivity contribution in [2.24, 2.45) is 0 Å². The van der Waals surface area contributed by atoms with E-state index in [1.807, 2.05) is 13.0 Å². The van der Waals surface area contributed by atoms with Gasteiger partial charge in [-0.1, -0.05) is 17.7 Å². The number of nitrogens with one attached hydrogen (secondary N) is 1. The Labute approximate surface area is 85.2 Å². The second-order valence-electron chi connectivity index (χ2n) is 3.41. The zero-order valence-electron chi connectivity index (χ0n) is 8.07. The molecule has 0 radical (unpaired) electrons. The van der Waals surface area contributed by atoms with Gasteiger partial charge in [0.15, 0.2) is 0 Å². The van der Waals surface area contributed by atoms with Gasteiger partial charge in [-0.25, -0.2) is 4.79 Å². The number of carboxylic acids is 1. The SMILES string of the molecule is Cc1ccc2c(=O)[nH]c(C(=O)O)cc2c1. The number of pyridine rings is 1. The molecule has 0 atom stereocenters. The Balaban J connectivity index is 2.85. The second kappa shape index (κ2) is 3.24. The minimum Gasteiger partial charge on any atom is -0.477 e. The number of aromatic carboxylic acids is 1. The zero-order valence-corrected chi connectivity index (χ0v) is 8.07. The van der Waals surface area contributed by atoms with Gasteiger partial charge in [0.2, 0.25) is 0 Å². The van der Waals surface area contributed by atoms with E-state index in [0.717, 1.165) is 5.56 Å². The van der Waals surface area contributed by atoms with Gasteiger partial charge >= 0.3 is 5.97 Å². The van der Waals surface area contributed by atoms with Crippen molar-refractivity contribution < 1.29 is 9.90 Å². The number of aryl methyl sites for hydroxylation is 1. The molecule has 0 unspecified atom stereocenters. The Morgan fingerprint density at radius 2 is 2.07 bits per heavy atom. The average Bonchev–Trinajstić information content (AvgIpc) is 2.16. The van der Waals surface area contributed by atoms with E-state index in [1.54, 1.807) is 12.1 Å². The van der Waals surface area contributed by atoms with Crippen LogP contribution in [0.2, 0.25) is 0 Å². The molecular weight excluding hydrogens is 194 g/mol. The third kappa shape index (κ3) is 1.61. The van der Waals surface area contributed by atoms with Crippen LogP contribution in [0.5, 0.6) is 0 Å². The summed E-state index contributed by atoms with van der Waals surface area (Å²) in [6, 6.07) is 6.76. The molecule has 0 spiro atoms. The van der Waals surface area contributed by atoms with Crippen molar-refractivity contribution in [3.05, 3.63) is 45.9 Å². The molecule has 2 aromatic rings. The first-order valence-electron chi connectivity index (χ1n) is 4.45. The van der Waals surface area contributed by atoms with Gasteiger partial charge in [0.1, 0.15) is 5.69 Å². The van der Waals surface area contributed by atoms with Crippen molar-refractivity contribution in [2.45, 2.75) is 6.92 Å². The Morgan fingerprint density at radius 1 is 1.33 bits per heavy atom. The summed E-state index contributed by atoms with van der Waals surface area (Å²) in [5.41, 5.74) is 0.535. The molecule has 76 valence electrons. The number of hydrogen-bond donors (Lipinski definition) is 2. The van der Waals surface area contributed by atoms with E-state index in [2.05, 4.69) is 4.98 Å². The first-order valence-corrected chi connectivity index (χ1v) is 4.45. The molecule has 4 heteroatoms. The summed E-state index contributed by atoms with van der Waals surface area (Å²) in [7, 11) is 0. The maximum absolute atomic E-state index is 11.5. The average molecular weight is 203 g/mol. The molecule has 0 aliphatic rings. The van der Waals surface area contributed by atoms with Crippen LogP contribution in [0.15, 0.2) is 29.1 Å². The van der Waals surface area contributed by atoms with Crippen LogP contribution in [0.1, 0.15) is 16.1 Å². The maximum Gasteiger partial charge on any atom is 0.352 e. The van der Waals surface area contributed by atoms with E-state index >= 15 is 0 Å². The van der Waals surface area contributed by atoms with Crippen molar-refractivity contribution in [3.8, 4) is 0 Å². The molecular formula is C11H9NO3. The second-order valence-corrected chi connectivity index (χ2v) is 3.41. The molecule has 0 saturated carbocycles. The largest absolute Gasteiger partial charge is 0.477 e. The van der Waals surface area contributed by atoms with Crippen LogP contribution in [0, 0.1) is 6.92 Å². The number of aromatic amines is 1. The minimum absolute atomic E-state index is 0.0851. The quantitative estimate of drug-likeness (QED) is 0.738. The van der Waals surface area contributed by atoms with E-state index in [9.17, 15) is 9.59 Å². The summed E-state index contributed by atoms with van der Waals surface area (Å²) in [6.07, 6.45) is 0. The van der Waals surface area contributed by atoms with Gasteiger partial charge in [0, 0.05) is 5.39 Å². The number of H-pyrrole nitrogens is 1. The highest BCUT2D eigenvalue weighted by Gasteiger charge is 2.07. The van der Waals surface area contributed by atoms with Crippen molar-refractivity contribution in [1.29, 1.82) is 0 Å². The van der Waals surface area contributed by atoms with E-state index in [-0.39, 0.29) is 11.3 Å². The topological polar surface area (TPSA) is 70.2 Å². The van der Waals surface area contributed by atoms with Crippen LogP contribution in [0.25, 0.3) is 10.8 Å². The van der Waals surface area contributed by atoms with Crippen molar-refractivity contribution in [3.63, 3.8) is 0 Å². The Bertz CT molecular complexity index is 598. The van der Waals surface area contributed by atoms with Gasteiger partial charge in [-0.2, -0.15) is 0 Å². The Hall–Kier alpha value is -2.10. The molecule has 0 aliphatic carbocycles. The van der Waals surface area contributed by atoms with E-state index in [0.29, 0.717) is 10.8 Å². The summed E-state index contributed by atoms with van der Waals surface area (Å²) >= 11 is 0.